The summed E-state index contributed by atoms with van der Waals surface area (Å²) in [5.41, 5.74) is 1.06. The number of aromatic nitrogens is 1. The molecule has 0 saturated carbocycles. The van der Waals surface area contributed by atoms with Crippen LogP contribution in [0.2, 0.25) is 0 Å². The SMILES string of the molecule is Cc1cnccc1C(=O)c1cc(F)cc(F)c1. The zero-order chi connectivity index (χ0) is 12.4. The molecule has 0 aliphatic carbocycles. The Bertz CT molecular complexity index is 561. The van der Waals surface area contributed by atoms with Crippen LogP contribution in [0.3, 0.4) is 0 Å². The maximum Gasteiger partial charge on any atom is 0.193 e. The van der Waals surface area contributed by atoms with Crippen LogP contribution in [0.5, 0.6) is 0 Å². The molecule has 2 nitrogen and oxygen atoms in total. The maximum absolute atomic E-state index is 13.0. The van der Waals surface area contributed by atoms with Crippen LogP contribution in [0.25, 0.3) is 0 Å². The molecule has 86 valence electrons. The van der Waals surface area contributed by atoms with E-state index in [9.17, 15) is 13.6 Å². The van der Waals surface area contributed by atoms with Crippen LogP contribution in [-0.4, -0.2) is 10.8 Å². The molecule has 4 heteroatoms. The molecular weight excluding hydrogens is 224 g/mol. The predicted octanol–water partition coefficient (Wildman–Crippen LogP) is 2.90. The molecular formula is C13H9F2NO. The van der Waals surface area contributed by atoms with Gasteiger partial charge in [-0.15, -0.1) is 0 Å². The van der Waals surface area contributed by atoms with Gasteiger partial charge in [-0.2, -0.15) is 0 Å². The minimum atomic E-state index is -0.764. The Morgan fingerprint density at radius 2 is 1.82 bits per heavy atom. The molecule has 0 atom stereocenters. The molecule has 2 rings (SSSR count). The molecule has 0 radical (unpaired) electrons. The standard InChI is InChI=1S/C13H9F2NO/c1-8-7-16-3-2-12(8)13(17)9-4-10(14)6-11(15)5-9/h2-7H,1H3. The molecule has 0 aliphatic rings. The van der Waals surface area contributed by atoms with Crippen molar-refractivity contribution in [2.75, 3.05) is 0 Å². The number of halogens is 2. The first kappa shape index (κ1) is 11.4. The van der Waals surface area contributed by atoms with Gasteiger partial charge in [-0.1, -0.05) is 0 Å². The summed E-state index contributed by atoms with van der Waals surface area (Å²) in [7, 11) is 0. The number of nitrogens with zero attached hydrogens (tertiary/aromatic N) is 1. The second kappa shape index (κ2) is 4.41. The lowest BCUT2D eigenvalue weighted by molar-refractivity contribution is 0.103. The number of carbonyl (C=O) groups is 1. The van der Waals surface area contributed by atoms with Gasteiger partial charge in [-0.3, -0.25) is 9.78 Å². The summed E-state index contributed by atoms with van der Waals surface area (Å²) in [6.07, 6.45) is 3.00. The highest BCUT2D eigenvalue weighted by atomic mass is 19.1. The first-order chi connectivity index (χ1) is 8.08. The smallest absolute Gasteiger partial charge is 0.193 e. The average molecular weight is 233 g/mol. The van der Waals surface area contributed by atoms with Crippen LogP contribution >= 0.6 is 0 Å². The van der Waals surface area contributed by atoms with E-state index in [1.54, 1.807) is 6.92 Å². The molecule has 0 amide bonds. The molecule has 1 aromatic carbocycles. The average Bonchev–Trinajstić information content (AvgIpc) is 2.27. The number of rotatable bonds is 2. The quantitative estimate of drug-likeness (QED) is 0.746. The summed E-state index contributed by atoms with van der Waals surface area (Å²) in [6.45, 7) is 1.72. The van der Waals surface area contributed by atoms with E-state index in [1.165, 1.54) is 18.5 Å². The molecule has 1 heterocycles. The van der Waals surface area contributed by atoms with Crippen LogP contribution in [-0.2, 0) is 0 Å². The van der Waals surface area contributed by atoms with Crippen LogP contribution in [0.15, 0.2) is 36.7 Å². The fraction of sp³-hybridized carbons (Fsp3) is 0.0769. The molecule has 17 heavy (non-hydrogen) atoms. The number of pyridine rings is 1. The number of aryl methyl sites for hydroxylation is 1. The van der Waals surface area contributed by atoms with Crippen LogP contribution in [0.1, 0.15) is 21.5 Å². The minimum absolute atomic E-state index is 0.00296. The van der Waals surface area contributed by atoms with Gasteiger partial charge in [-0.25, -0.2) is 8.78 Å². The van der Waals surface area contributed by atoms with Crippen molar-refractivity contribution in [2.45, 2.75) is 6.92 Å². The number of hydrogen-bond donors (Lipinski definition) is 0. The van der Waals surface area contributed by atoms with Crippen molar-refractivity contribution in [3.63, 3.8) is 0 Å². The third kappa shape index (κ3) is 2.36. The zero-order valence-corrected chi connectivity index (χ0v) is 9.08. The van der Waals surface area contributed by atoms with Crippen LogP contribution < -0.4 is 0 Å². The largest absolute Gasteiger partial charge is 0.289 e. The lowest BCUT2D eigenvalue weighted by Crippen LogP contribution is -2.05. The summed E-state index contributed by atoms with van der Waals surface area (Å²) in [6, 6.07) is 4.30. The van der Waals surface area contributed by atoms with Crippen LogP contribution in [0.4, 0.5) is 8.78 Å². The van der Waals surface area contributed by atoms with E-state index in [4.69, 9.17) is 0 Å². The first-order valence-electron chi connectivity index (χ1n) is 4.99. The van der Waals surface area contributed by atoms with Crippen molar-refractivity contribution in [1.29, 1.82) is 0 Å². The van der Waals surface area contributed by atoms with Gasteiger partial charge in [-0.05, 0) is 30.7 Å². The van der Waals surface area contributed by atoms with Gasteiger partial charge in [0.2, 0.25) is 0 Å². The van der Waals surface area contributed by atoms with E-state index >= 15 is 0 Å². The molecule has 0 bridgehead atoms. The van der Waals surface area contributed by atoms with Crippen LogP contribution in [0, 0.1) is 18.6 Å². The van der Waals surface area contributed by atoms with Gasteiger partial charge in [0.15, 0.2) is 5.78 Å². The Kier molecular flexibility index (Phi) is 2.95. The van der Waals surface area contributed by atoms with E-state index in [-0.39, 0.29) is 5.56 Å². The third-order valence-corrected chi connectivity index (χ3v) is 2.39. The minimum Gasteiger partial charge on any atom is -0.289 e. The Morgan fingerprint density at radius 1 is 1.18 bits per heavy atom. The number of benzene rings is 1. The monoisotopic (exact) mass is 233 g/mol. The molecule has 0 saturated heterocycles. The summed E-state index contributed by atoms with van der Waals surface area (Å²) in [5, 5.41) is 0. The topological polar surface area (TPSA) is 30.0 Å². The van der Waals surface area contributed by atoms with E-state index in [0.29, 0.717) is 11.1 Å². The van der Waals surface area contributed by atoms with Crippen molar-refractivity contribution in [3.05, 3.63) is 65.0 Å². The zero-order valence-electron chi connectivity index (χ0n) is 9.08. The Labute approximate surface area is 96.9 Å². The summed E-state index contributed by atoms with van der Waals surface area (Å²) in [4.78, 5) is 15.9. The molecule has 0 aliphatic heterocycles. The van der Waals surface area contributed by atoms with Crippen molar-refractivity contribution in [2.24, 2.45) is 0 Å². The fourth-order valence-corrected chi connectivity index (χ4v) is 1.57. The van der Waals surface area contributed by atoms with Gasteiger partial charge in [0.25, 0.3) is 0 Å². The lowest BCUT2D eigenvalue weighted by atomic mass is 10.0. The number of ketones is 1. The molecule has 0 N–H and O–H groups in total. The molecule has 0 fully saturated rings. The fourth-order valence-electron chi connectivity index (χ4n) is 1.57. The van der Waals surface area contributed by atoms with Gasteiger partial charge >= 0.3 is 0 Å². The van der Waals surface area contributed by atoms with E-state index < -0.39 is 17.4 Å². The number of hydrogen-bond acceptors (Lipinski definition) is 2. The van der Waals surface area contributed by atoms with E-state index in [1.807, 2.05) is 0 Å². The highest BCUT2D eigenvalue weighted by Crippen LogP contribution is 2.15. The molecule has 0 spiro atoms. The van der Waals surface area contributed by atoms with Crippen molar-refractivity contribution in [3.8, 4) is 0 Å². The molecule has 2 aromatic rings. The lowest BCUT2D eigenvalue weighted by Gasteiger charge is -2.04. The Morgan fingerprint density at radius 3 is 2.41 bits per heavy atom. The summed E-state index contributed by atoms with van der Waals surface area (Å²) in [5.74, 6) is -1.94. The van der Waals surface area contributed by atoms with E-state index in [0.717, 1.165) is 18.2 Å². The first-order valence-corrected chi connectivity index (χ1v) is 4.99. The highest BCUT2D eigenvalue weighted by Gasteiger charge is 2.13. The van der Waals surface area contributed by atoms with E-state index in [2.05, 4.69) is 4.98 Å². The second-order valence-electron chi connectivity index (χ2n) is 3.68. The van der Waals surface area contributed by atoms with Crippen molar-refractivity contribution < 1.29 is 13.6 Å². The summed E-state index contributed by atoms with van der Waals surface area (Å²) < 4.78 is 26.0. The molecule has 1 aromatic heterocycles. The summed E-state index contributed by atoms with van der Waals surface area (Å²) >= 11 is 0. The van der Waals surface area contributed by atoms with Gasteiger partial charge in [0.1, 0.15) is 11.6 Å². The Balaban J connectivity index is 2.48. The third-order valence-electron chi connectivity index (χ3n) is 2.39. The second-order valence-corrected chi connectivity index (χ2v) is 3.68. The van der Waals surface area contributed by atoms with Gasteiger partial charge < -0.3 is 0 Å². The normalized spacial score (nSPS) is 10.3. The Hall–Kier alpha value is -2.10. The number of carbonyl (C=O) groups excluding carboxylic acids is 1. The van der Waals surface area contributed by atoms with Crippen molar-refractivity contribution >= 4 is 5.78 Å². The maximum atomic E-state index is 13.0. The predicted molar refractivity (Wildman–Crippen MR) is 58.8 cm³/mol. The van der Waals surface area contributed by atoms with Gasteiger partial charge in [0.05, 0.1) is 0 Å². The highest BCUT2D eigenvalue weighted by molar-refractivity contribution is 6.09. The van der Waals surface area contributed by atoms with Gasteiger partial charge in [0, 0.05) is 29.6 Å². The van der Waals surface area contributed by atoms with Crippen molar-refractivity contribution in [1.82, 2.24) is 4.98 Å². The molecule has 0 unspecified atom stereocenters.